The molecule has 350 valence electrons. The zero-order chi connectivity index (χ0) is 43.3. The van der Waals surface area contributed by atoms with E-state index in [4.69, 9.17) is 14.2 Å². The molecule has 0 heterocycles. The molecule has 6 nitrogen and oxygen atoms in total. The summed E-state index contributed by atoms with van der Waals surface area (Å²) in [6, 6.07) is 0. The number of hydrogen-bond acceptors (Lipinski definition) is 6. The Morgan fingerprint density at radius 1 is 0.322 bits per heavy atom. The molecule has 0 saturated heterocycles. The van der Waals surface area contributed by atoms with Crippen LogP contribution in [-0.4, -0.2) is 37.2 Å². The Morgan fingerprint density at radius 3 is 0.831 bits per heavy atom. The molecule has 0 spiro atoms. The molecule has 0 fully saturated rings. The van der Waals surface area contributed by atoms with Gasteiger partial charge < -0.3 is 14.2 Å². The van der Waals surface area contributed by atoms with E-state index in [2.05, 4.69) is 34.6 Å². The fourth-order valence-corrected chi connectivity index (χ4v) is 7.99. The zero-order valence-electron chi connectivity index (χ0n) is 40.4. The molecule has 6 heteroatoms. The lowest BCUT2D eigenvalue weighted by Crippen LogP contribution is -2.30. The predicted molar refractivity (Wildman–Crippen MR) is 252 cm³/mol. The molecule has 0 unspecified atom stereocenters. The first kappa shape index (κ1) is 57.4. The summed E-state index contributed by atoms with van der Waals surface area (Å²) in [4.78, 5) is 37.8. The predicted octanol–water partition coefficient (Wildman–Crippen LogP) is 16.9. The van der Waals surface area contributed by atoms with Gasteiger partial charge in [-0.2, -0.15) is 0 Å². The molecule has 0 aliphatic heterocycles. The highest BCUT2D eigenvalue weighted by molar-refractivity contribution is 5.71. The second kappa shape index (κ2) is 45.9. The average Bonchev–Trinajstić information content (AvgIpc) is 3.20. The number of rotatable bonds is 47. The Labute approximate surface area is 368 Å². The van der Waals surface area contributed by atoms with Crippen molar-refractivity contribution >= 4 is 17.9 Å². The van der Waals surface area contributed by atoms with Crippen LogP contribution < -0.4 is 0 Å². The molecule has 0 aromatic heterocycles. The average molecular weight is 835 g/mol. The molecule has 0 aromatic rings. The highest BCUT2D eigenvalue weighted by atomic mass is 16.6. The highest BCUT2D eigenvalue weighted by Crippen LogP contribution is 2.17. The van der Waals surface area contributed by atoms with Crippen LogP contribution in [0.25, 0.3) is 0 Å². The lowest BCUT2D eigenvalue weighted by molar-refractivity contribution is -0.167. The molecule has 0 amide bonds. The Hall–Kier alpha value is -1.59. The fraction of sp³-hybridized carbons (Fsp3) is 0.943. The zero-order valence-corrected chi connectivity index (χ0v) is 40.4. The summed E-state index contributed by atoms with van der Waals surface area (Å²) in [6.45, 7) is 11.4. The molecule has 1 atom stereocenters. The van der Waals surface area contributed by atoms with Crippen molar-refractivity contribution in [2.24, 2.45) is 11.8 Å². The van der Waals surface area contributed by atoms with Gasteiger partial charge in [0.15, 0.2) is 6.10 Å². The molecule has 0 rings (SSSR count). The first-order valence-electron chi connectivity index (χ1n) is 26.2. The van der Waals surface area contributed by atoms with Gasteiger partial charge in [-0.05, 0) is 31.1 Å². The van der Waals surface area contributed by atoms with Crippen LogP contribution in [0, 0.1) is 11.8 Å². The van der Waals surface area contributed by atoms with E-state index in [1.54, 1.807) is 0 Å². The third-order valence-electron chi connectivity index (χ3n) is 12.0. The SMILES string of the molecule is CCCCCCCCCC(=O)O[C@@H](COC(=O)CCCCCCCCCCCCCCCCCC(C)C)COC(=O)CCCCCCCCCCCCCCCC(C)C. The molecular weight excluding hydrogens is 733 g/mol. The van der Waals surface area contributed by atoms with Crippen molar-refractivity contribution in [2.45, 2.75) is 298 Å². The minimum absolute atomic E-state index is 0.0640. The second-order valence-electron chi connectivity index (χ2n) is 19.1. The molecule has 0 radical (unpaired) electrons. The lowest BCUT2D eigenvalue weighted by Gasteiger charge is -2.18. The van der Waals surface area contributed by atoms with Crippen LogP contribution in [0.1, 0.15) is 291 Å². The van der Waals surface area contributed by atoms with Gasteiger partial charge in [-0.25, -0.2) is 0 Å². The molecule has 0 aromatic carbocycles. The summed E-state index contributed by atoms with van der Waals surface area (Å²) >= 11 is 0. The molecule has 0 bridgehead atoms. The van der Waals surface area contributed by atoms with Crippen molar-refractivity contribution in [2.75, 3.05) is 13.2 Å². The summed E-state index contributed by atoms with van der Waals surface area (Å²) < 4.78 is 16.7. The van der Waals surface area contributed by atoms with Crippen LogP contribution >= 0.6 is 0 Å². The summed E-state index contributed by atoms with van der Waals surface area (Å²) in [7, 11) is 0. The summed E-state index contributed by atoms with van der Waals surface area (Å²) in [6.07, 6.45) is 46.8. The van der Waals surface area contributed by atoms with E-state index >= 15 is 0 Å². The van der Waals surface area contributed by atoms with Crippen molar-refractivity contribution in [1.29, 1.82) is 0 Å². The van der Waals surface area contributed by atoms with Gasteiger partial charge in [-0.15, -0.1) is 0 Å². The van der Waals surface area contributed by atoms with E-state index in [1.807, 2.05) is 0 Å². The number of hydrogen-bond donors (Lipinski definition) is 0. The summed E-state index contributed by atoms with van der Waals surface area (Å²) in [5.74, 6) is 0.835. The summed E-state index contributed by atoms with van der Waals surface area (Å²) in [5.41, 5.74) is 0. The Bertz CT molecular complexity index is 900. The lowest BCUT2D eigenvalue weighted by atomic mass is 10.0. The Balaban J connectivity index is 4.14. The topological polar surface area (TPSA) is 78.9 Å². The van der Waals surface area contributed by atoms with Crippen LogP contribution in [0.5, 0.6) is 0 Å². The standard InChI is InChI=1S/C53H102O6/c1-6-7-8-9-26-35-40-45-53(56)59-50(47-58-52(55)44-39-34-30-25-21-17-13-15-19-23-28-32-37-42-49(4)5)46-57-51(54)43-38-33-29-24-20-16-12-10-11-14-18-22-27-31-36-41-48(2)3/h48-50H,6-47H2,1-5H3/t50-/m0/s1. The van der Waals surface area contributed by atoms with E-state index in [1.165, 1.54) is 180 Å². The minimum atomic E-state index is -0.760. The van der Waals surface area contributed by atoms with Crippen LogP contribution in [-0.2, 0) is 28.6 Å². The normalized spacial score (nSPS) is 12.1. The Kier molecular flexibility index (Phi) is 44.7. The van der Waals surface area contributed by atoms with Crippen molar-refractivity contribution in [3.63, 3.8) is 0 Å². The first-order chi connectivity index (χ1) is 28.7. The van der Waals surface area contributed by atoms with E-state index in [9.17, 15) is 14.4 Å². The van der Waals surface area contributed by atoms with Crippen molar-refractivity contribution < 1.29 is 28.6 Å². The van der Waals surface area contributed by atoms with E-state index in [0.717, 1.165) is 69.6 Å². The monoisotopic (exact) mass is 835 g/mol. The molecule has 59 heavy (non-hydrogen) atoms. The van der Waals surface area contributed by atoms with Crippen molar-refractivity contribution in [3.05, 3.63) is 0 Å². The largest absolute Gasteiger partial charge is 0.462 e. The summed E-state index contributed by atoms with van der Waals surface area (Å²) in [5, 5.41) is 0. The van der Waals surface area contributed by atoms with Crippen LogP contribution in [0.3, 0.4) is 0 Å². The minimum Gasteiger partial charge on any atom is -0.462 e. The van der Waals surface area contributed by atoms with Crippen LogP contribution in [0.4, 0.5) is 0 Å². The van der Waals surface area contributed by atoms with Gasteiger partial charge in [0, 0.05) is 19.3 Å². The molecule has 0 aliphatic carbocycles. The highest BCUT2D eigenvalue weighted by Gasteiger charge is 2.19. The maximum atomic E-state index is 12.7. The van der Waals surface area contributed by atoms with Crippen molar-refractivity contribution in [1.82, 2.24) is 0 Å². The van der Waals surface area contributed by atoms with E-state index in [0.29, 0.717) is 19.3 Å². The van der Waals surface area contributed by atoms with Crippen LogP contribution in [0.15, 0.2) is 0 Å². The van der Waals surface area contributed by atoms with Gasteiger partial charge in [0.25, 0.3) is 0 Å². The van der Waals surface area contributed by atoms with Gasteiger partial charge >= 0.3 is 17.9 Å². The molecule has 0 saturated carbocycles. The van der Waals surface area contributed by atoms with Crippen molar-refractivity contribution in [3.8, 4) is 0 Å². The second-order valence-corrected chi connectivity index (χ2v) is 19.1. The maximum absolute atomic E-state index is 12.7. The molecule has 0 aliphatic rings. The molecular formula is C53H102O6. The quantitative estimate of drug-likeness (QED) is 0.0345. The van der Waals surface area contributed by atoms with Gasteiger partial charge in [0.2, 0.25) is 0 Å². The smallest absolute Gasteiger partial charge is 0.306 e. The van der Waals surface area contributed by atoms with Gasteiger partial charge in [-0.3, -0.25) is 14.4 Å². The van der Waals surface area contributed by atoms with Gasteiger partial charge in [0.05, 0.1) is 0 Å². The third-order valence-corrected chi connectivity index (χ3v) is 12.0. The van der Waals surface area contributed by atoms with Gasteiger partial charge in [-0.1, -0.05) is 253 Å². The van der Waals surface area contributed by atoms with E-state index in [-0.39, 0.29) is 31.1 Å². The molecule has 0 N–H and O–H groups in total. The number of unbranched alkanes of at least 4 members (excludes halogenated alkanes) is 32. The Morgan fingerprint density at radius 2 is 0.559 bits per heavy atom. The number of ether oxygens (including phenoxy) is 3. The first-order valence-corrected chi connectivity index (χ1v) is 26.2. The number of esters is 3. The fourth-order valence-electron chi connectivity index (χ4n) is 7.99. The third kappa shape index (κ3) is 47.3. The van der Waals surface area contributed by atoms with E-state index < -0.39 is 6.10 Å². The van der Waals surface area contributed by atoms with Crippen LogP contribution in [0.2, 0.25) is 0 Å². The number of carbonyl (C=O) groups excluding carboxylic acids is 3. The van der Waals surface area contributed by atoms with Gasteiger partial charge in [0.1, 0.15) is 13.2 Å². The number of carbonyl (C=O) groups is 3. The maximum Gasteiger partial charge on any atom is 0.306 e.